The largest absolute Gasteiger partial charge is 0.487 e. The molecule has 96 valence electrons. The molecule has 0 amide bonds. The molecule has 0 spiro atoms. The molecule has 0 N–H and O–H groups in total. The van der Waals surface area contributed by atoms with Crippen LogP contribution < -0.4 is 4.74 Å². The first-order valence-corrected chi connectivity index (χ1v) is 5.66. The number of nitro groups is 1. The van der Waals surface area contributed by atoms with Crippen LogP contribution in [0.2, 0.25) is 0 Å². The molecule has 0 atom stereocenters. The number of aromatic nitrogens is 1. The van der Waals surface area contributed by atoms with Gasteiger partial charge in [0.2, 0.25) is 0 Å². The Hall–Kier alpha value is -2.81. The summed E-state index contributed by atoms with van der Waals surface area (Å²) in [5, 5.41) is 19.9. The fourth-order valence-corrected chi connectivity index (χ4v) is 1.77. The Balaban J connectivity index is 2.52. The van der Waals surface area contributed by atoms with Crippen LogP contribution in [0.1, 0.15) is 12.6 Å². The molecular formula is C13H11N3O3. The average molecular weight is 257 g/mol. The molecule has 0 fully saturated rings. The first-order chi connectivity index (χ1) is 9.17. The molecule has 0 saturated carbocycles. The Labute approximate surface area is 109 Å². The van der Waals surface area contributed by atoms with Gasteiger partial charge in [0.05, 0.1) is 17.2 Å². The third kappa shape index (κ3) is 2.40. The molecule has 0 radical (unpaired) electrons. The van der Waals surface area contributed by atoms with Crippen molar-refractivity contribution in [3.63, 3.8) is 0 Å². The van der Waals surface area contributed by atoms with E-state index in [1.54, 1.807) is 42.0 Å². The Morgan fingerprint density at radius 2 is 2.26 bits per heavy atom. The average Bonchev–Trinajstić information content (AvgIpc) is 2.87. The van der Waals surface area contributed by atoms with Crippen molar-refractivity contribution < 1.29 is 9.66 Å². The Morgan fingerprint density at radius 3 is 2.89 bits per heavy atom. The first kappa shape index (κ1) is 12.6. The summed E-state index contributed by atoms with van der Waals surface area (Å²) >= 11 is 0. The lowest BCUT2D eigenvalue weighted by Crippen LogP contribution is -2.01. The number of nitriles is 1. The van der Waals surface area contributed by atoms with E-state index in [4.69, 9.17) is 10.00 Å². The predicted molar refractivity (Wildman–Crippen MR) is 68.3 cm³/mol. The van der Waals surface area contributed by atoms with Gasteiger partial charge in [0.1, 0.15) is 11.8 Å². The van der Waals surface area contributed by atoms with Crippen LogP contribution in [0, 0.1) is 21.4 Å². The van der Waals surface area contributed by atoms with Gasteiger partial charge in [0.15, 0.2) is 5.75 Å². The molecule has 1 heterocycles. The summed E-state index contributed by atoms with van der Waals surface area (Å²) in [7, 11) is 0. The molecule has 1 aromatic carbocycles. The van der Waals surface area contributed by atoms with Crippen LogP contribution in [-0.4, -0.2) is 16.1 Å². The van der Waals surface area contributed by atoms with Crippen molar-refractivity contribution in [1.29, 1.82) is 5.26 Å². The van der Waals surface area contributed by atoms with Crippen LogP contribution in [-0.2, 0) is 0 Å². The summed E-state index contributed by atoms with van der Waals surface area (Å²) in [4.78, 5) is 10.4. The van der Waals surface area contributed by atoms with E-state index < -0.39 is 4.92 Å². The van der Waals surface area contributed by atoms with E-state index in [1.165, 1.54) is 6.07 Å². The fourth-order valence-electron chi connectivity index (χ4n) is 1.77. The molecule has 0 bridgehead atoms. The van der Waals surface area contributed by atoms with Crippen molar-refractivity contribution in [2.45, 2.75) is 6.92 Å². The zero-order chi connectivity index (χ0) is 13.8. The molecule has 2 aromatic rings. The number of ether oxygens (including phenoxy) is 1. The van der Waals surface area contributed by atoms with E-state index in [0.717, 1.165) is 0 Å². The minimum absolute atomic E-state index is 0.0868. The number of benzene rings is 1. The lowest BCUT2D eigenvalue weighted by atomic mass is 10.2. The van der Waals surface area contributed by atoms with E-state index in [0.29, 0.717) is 18.0 Å². The van der Waals surface area contributed by atoms with Gasteiger partial charge in [-0.25, -0.2) is 0 Å². The fraction of sp³-hybridized carbons (Fsp3) is 0.154. The van der Waals surface area contributed by atoms with Gasteiger partial charge in [0.25, 0.3) is 0 Å². The van der Waals surface area contributed by atoms with Gasteiger partial charge in [-0.2, -0.15) is 5.26 Å². The quantitative estimate of drug-likeness (QED) is 0.622. The number of hydrogen-bond acceptors (Lipinski definition) is 4. The molecule has 1 aromatic heterocycles. The summed E-state index contributed by atoms with van der Waals surface area (Å²) in [5.41, 5.74) is 1.02. The van der Waals surface area contributed by atoms with Crippen molar-refractivity contribution in [2.75, 3.05) is 6.61 Å². The van der Waals surface area contributed by atoms with E-state index in [1.807, 2.05) is 0 Å². The van der Waals surface area contributed by atoms with Gasteiger partial charge < -0.3 is 9.30 Å². The van der Waals surface area contributed by atoms with Crippen LogP contribution in [0.25, 0.3) is 5.69 Å². The molecule has 6 nitrogen and oxygen atoms in total. The zero-order valence-corrected chi connectivity index (χ0v) is 10.2. The molecule has 0 saturated heterocycles. The second kappa shape index (κ2) is 5.23. The van der Waals surface area contributed by atoms with Crippen molar-refractivity contribution in [1.82, 2.24) is 4.57 Å². The highest BCUT2D eigenvalue weighted by atomic mass is 16.6. The van der Waals surface area contributed by atoms with Gasteiger partial charge in [-0.3, -0.25) is 10.1 Å². The summed E-state index contributed by atoms with van der Waals surface area (Å²) in [5.74, 6) is 0.197. The van der Waals surface area contributed by atoms with Crippen LogP contribution in [0.4, 0.5) is 5.69 Å². The third-order valence-electron chi connectivity index (χ3n) is 2.58. The molecule has 0 aliphatic heterocycles. The second-order valence-corrected chi connectivity index (χ2v) is 3.72. The number of rotatable bonds is 4. The molecule has 2 rings (SSSR count). The van der Waals surface area contributed by atoms with Crippen LogP contribution in [0.5, 0.6) is 5.75 Å². The maximum absolute atomic E-state index is 10.9. The van der Waals surface area contributed by atoms with Gasteiger partial charge >= 0.3 is 5.69 Å². The summed E-state index contributed by atoms with van der Waals surface area (Å²) in [6, 6.07) is 9.98. The third-order valence-corrected chi connectivity index (χ3v) is 2.58. The van der Waals surface area contributed by atoms with Crippen molar-refractivity contribution in [3.05, 3.63) is 52.3 Å². The minimum Gasteiger partial charge on any atom is -0.487 e. The van der Waals surface area contributed by atoms with Crippen molar-refractivity contribution in [2.24, 2.45) is 0 Å². The van der Waals surface area contributed by atoms with Crippen molar-refractivity contribution >= 4 is 5.69 Å². The molecule has 0 aliphatic rings. The smallest absolute Gasteiger partial charge is 0.311 e. The number of nitrogens with zero attached hydrogens (tertiary/aromatic N) is 3. The van der Waals surface area contributed by atoms with Crippen LogP contribution in [0.3, 0.4) is 0 Å². The van der Waals surface area contributed by atoms with Gasteiger partial charge in [-0.15, -0.1) is 0 Å². The van der Waals surface area contributed by atoms with Gasteiger partial charge in [-0.05, 0) is 25.1 Å². The van der Waals surface area contributed by atoms with E-state index in [9.17, 15) is 10.1 Å². The highest BCUT2D eigenvalue weighted by molar-refractivity contribution is 5.54. The highest BCUT2D eigenvalue weighted by Crippen LogP contribution is 2.29. The standard InChI is InChI=1S/C13H11N3O3/c1-2-19-13-8-10(5-6-12(13)16(17)18)15-7-3-4-11(15)9-14/h3-8H,2H2,1H3. The molecule has 0 aliphatic carbocycles. The normalized spacial score (nSPS) is 9.89. The summed E-state index contributed by atoms with van der Waals surface area (Å²) < 4.78 is 6.92. The molecule has 19 heavy (non-hydrogen) atoms. The number of hydrogen-bond donors (Lipinski definition) is 0. The van der Waals surface area contributed by atoms with Crippen LogP contribution >= 0.6 is 0 Å². The summed E-state index contributed by atoms with van der Waals surface area (Å²) in [6.07, 6.45) is 1.72. The lowest BCUT2D eigenvalue weighted by molar-refractivity contribution is -0.385. The van der Waals surface area contributed by atoms with Crippen molar-refractivity contribution in [3.8, 4) is 17.5 Å². The molecule has 0 unspecified atom stereocenters. The van der Waals surface area contributed by atoms with Gasteiger partial charge in [-0.1, -0.05) is 0 Å². The first-order valence-electron chi connectivity index (χ1n) is 5.66. The SMILES string of the molecule is CCOc1cc(-n2cccc2C#N)ccc1[N+](=O)[O-]. The maximum atomic E-state index is 10.9. The molecular weight excluding hydrogens is 246 g/mol. The zero-order valence-electron chi connectivity index (χ0n) is 10.2. The van der Waals surface area contributed by atoms with Gasteiger partial charge in [0, 0.05) is 18.3 Å². The minimum atomic E-state index is -0.490. The number of nitro benzene ring substituents is 1. The summed E-state index contributed by atoms with van der Waals surface area (Å²) in [6.45, 7) is 2.09. The molecule has 6 heteroatoms. The predicted octanol–water partition coefficient (Wildman–Crippen LogP) is 2.66. The topological polar surface area (TPSA) is 81.1 Å². The van der Waals surface area contributed by atoms with Crippen LogP contribution in [0.15, 0.2) is 36.5 Å². The van der Waals surface area contributed by atoms with E-state index in [2.05, 4.69) is 6.07 Å². The maximum Gasteiger partial charge on any atom is 0.311 e. The highest BCUT2D eigenvalue weighted by Gasteiger charge is 2.16. The Morgan fingerprint density at radius 1 is 1.47 bits per heavy atom. The van der Waals surface area contributed by atoms with E-state index >= 15 is 0 Å². The Kier molecular flexibility index (Phi) is 3.48. The lowest BCUT2D eigenvalue weighted by Gasteiger charge is -2.08. The second-order valence-electron chi connectivity index (χ2n) is 3.72. The van der Waals surface area contributed by atoms with E-state index in [-0.39, 0.29) is 11.4 Å². The monoisotopic (exact) mass is 257 g/mol. The Bertz CT molecular complexity index is 655.